The molecule has 9 nitrogen and oxygen atoms in total. The van der Waals surface area contributed by atoms with Crippen molar-refractivity contribution in [2.24, 2.45) is 5.92 Å². The van der Waals surface area contributed by atoms with Gasteiger partial charge in [0.25, 0.3) is 5.91 Å². The van der Waals surface area contributed by atoms with E-state index in [0.717, 1.165) is 0 Å². The molecule has 1 atom stereocenters. The highest BCUT2D eigenvalue weighted by atomic mass is 16.6. The lowest BCUT2D eigenvalue weighted by Crippen LogP contribution is -2.62. The Bertz CT molecular complexity index is 631. The van der Waals surface area contributed by atoms with E-state index in [4.69, 9.17) is 4.74 Å². The molecular formula is C15H26N6O3. The quantitative estimate of drug-likeness (QED) is 0.901. The van der Waals surface area contributed by atoms with Gasteiger partial charge in [-0.15, -0.1) is 5.10 Å². The number of amides is 2. The Hall–Kier alpha value is -2.19. The number of nitrogens with one attached hydrogen (secondary N) is 1. The first kappa shape index (κ1) is 18.2. The molecule has 0 fully saturated rings. The summed E-state index contributed by atoms with van der Waals surface area (Å²) in [6.45, 7) is 12.9. The number of carbonyl (C=O) groups is 2. The molecule has 1 N–H and O–H groups in total. The molecule has 2 amide bonds. The highest BCUT2D eigenvalue weighted by Gasteiger charge is 2.48. The van der Waals surface area contributed by atoms with Gasteiger partial charge < -0.3 is 4.74 Å². The normalized spacial score (nSPS) is 20.1. The van der Waals surface area contributed by atoms with E-state index in [1.165, 1.54) is 5.01 Å². The van der Waals surface area contributed by atoms with Crippen LogP contribution in [0.4, 0.5) is 4.79 Å². The summed E-state index contributed by atoms with van der Waals surface area (Å²) in [7, 11) is 0. The summed E-state index contributed by atoms with van der Waals surface area (Å²) in [6.07, 6.45) is -0.118. The first-order valence-electron chi connectivity index (χ1n) is 8.05. The van der Waals surface area contributed by atoms with Crippen molar-refractivity contribution in [2.75, 3.05) is 0 Å². The lowest BCUT2D eigenvalue weighted by Gasteiger charge is -2.43. The van der Waals surface area contributed by atoms with Crippen LogP contribution < -0.4 is 5.43 Å². The van der Waals surface area contributed by atoms with Gasteiger partial charge in [0.2, 0.25) is 0 Å². The highest BCUT2D eigenvalue weighted by molar-refractivity contribution is 5.84. The number of ether oxygens (including phenoxy) is 1. The van der Waals surface area contributed by atoms with E-state index in [2.05, 4.69) is 21.0 Å². The van der Waals surface area contributed by atoms with Crippen molar-refractivity contribution >= 4 is 12.0 Å². The zero-order valence-electron chi connectivity index (χ0n) is 15.3. The smallest absolute Gasteiger partial charge is 0.426 e. The Labute approximate surface area is 141 Å². The molecule has 0 bridgehead atoms. The van der Waals surface area contributed by atoms with Crippen LogP contribution in [0.15, 0.2) is 0 Å². The molecule has 1 aliphatic rings. The zero-order chi connectivity index (χ0) is 18.3. The molecule has 2 heterocycles. The van der Waals surface area contributed by atoms with Gasteiger partial charge in [-0.3, -0.25) is 4.79 Å². The van der Waals surface area contributed by atoms with Crippen LogP contribution in [0.5, 0.6) is 0 Å². The molecule has 1 unspecified atom stereocenters. The van der Waals surface area contributed by atoms with Crippen LogP contribution >= 0.6 is 0 Å². The van der Waals surface area contributed by atoms with Crippen molar-refractivity contribution in [1.29, 1.82) is 0 Å². The third-order valence-electron chi connectivity index (χ3n) is 3.70. The molecule has 0 spiro atoms. The molecule has 24 heavy (non-hydrogen) atoms. The van der Waals surface area contributed by atoms with E-state index < -0.39 is 23.3 Å². The lowest BCUT2D eigenvalue weighted by molar-refractivity contribution is -0.151. The van der Waals surface area contributed by atoms with Crippen LogP contribution in [0.1, 0.15) is 66.8 Å². The third-order valence-corrected chi connectivity index (χ3v) is 3.70. The highest BCUT2D eigenvalue weighted by Crippen LogP contribution is 2.35. The van der Waals surface area contributed by atoms with E-state index >= 15 is 0 Å². The van der Waals surface area contributed by atoms with Crippen molar-refractivity contribution in [3.05, 3.63) is 5.82 Å². The monoisotopic (exact) mass is 338 g/mol. The standard InChI is InChI=1S/C15H26N6O3/c1-9(2)8-10-11(22)21(17-13(23)24-14(3,4)5)15(6,7)12-16-18-19-20(10)12/h9-10H,8H2,1-7H3,(H,17,23). The van der Waals surface area contributed by atoms with Gasteiger partial charge in [0.1, 0.15) is 17.2 Å². The van der Waals surface area contributed by atoms with Crippen LogP contribution in [0, 0.1) is 5.92 Å². The van der Waals surface area contributed by atoms with Gasteiger partial charge in [-0.1, -0.05) is 13.8 Å². The van der Waals surface area contributed by atoms with Crippen molar-refractivity contribution in [2.45, 2.75) is 72.1 Å². The first-order valence-corrected chi connectivity index (χ1v) is 8.05. The number of hydrogen-bond donors (Lipinski definition) is 1. The second-order valence-corrected chi connectivity index (χ2v) is 7.94. The maximum atomic E-state index is 13.0. The summed E-state index contributed by atoms with van der Waals surface area (Å²) < 4.78 is 6.82. The van der Waals surface area contributed by atoms with E-state index in [9.17, 15) is 9.59 Å². The molecule has 0 saturated carbocycles. The number of aromatic nitrogens is 4. The van der Waals surface area contributed by atoms with Crippen molar-refractivity contribution in [3.63, 3.8) is 0 Å². The largest absolute Gasteiger partial charge is 0.443 e. The molecule has 2 rings (SSSR count). The third kappa shape index (κ3) is 3.49. The molecule has 1 aromatic rings. The fraction of sp³-hybridized carbons (Fsp3) is 0.800. The number of tetrazole rings is 1. The van der Waals surface area contributed by atoms with Gasteiger partial charge in [0.15, 0.2) is 5.82 Å². The Kier molecular flexibility index (Phi) is 4.56. The zero-order valence-corrected chi connectivity index (χ0v) is 15.3. The van der Waals surface area contributed by atoms with Crippen LogP contribution in [-0.2, 0) is 15.1 Å². The molecule has 0 radical (unpaired) electrons. The molecule has 134 valence electrons. The SMILES string of the molecule is CC(C)CC1C(=O)N(NC(=O)OC(C)(C)C)C(C)(C)c2nnnn21. The van der Waals surface area contributed by atoms with Gasteiger partial charge in [-0.2, -0.15) is 0 Å². The second-order valence-electron chi connectivity index (χ2n) is 7.94. The Morgan fingerprint density at radius 1 is 1.38 bits per heavy atom. The number of nitrogens with zero attached hydrogens (tertiary/aromatic N) is 5. The molecule has 0 aliphatic carbocycles. The van der Waals surface area contributed by atoms with Crippen LogP contribution in [0.2, 0.25) is 0 Å². The maximum Gasteiger partial charge on any atom is 0.426 e. The minimum Gasteiger partial charge on any atom is -0.443 e. The lowest BCUT2D eigenvalue weighted by atomic mass is 9.94. The molecule has 1 aliphatic heterocycles. The molecule has 9 heteroatoms. The Morgan fingerprint density at radius 3 is 2.54 bits per heavy atom. The fourth-order valence-electron chi connectivity index (χ4n) is 2.67. The number of fused-ring (bicyclic) bond motifs is 1. The van der Waals surface area contributed by atoms with Crippen LogP contribution in [0.3, 0.4) is 0 Å². The number of hydrogen-bond acceptors (Lipinski definition) is 6. The first-order chi connectivity index (χ1) is 10.9. The van der Waals surface area contributed by atoms with Crippen LogP contribution in [0.25, 0.3) is 0 Å². The summed E-state index contributed by atoms with van der Waals surface area (Å²) in [5.74, 6) is 0.517. The van der Waals surface area contributed by atoms with Crippen molar-refractivity contribution in [3.8, 4) is 0 Å². The fourth-order valence-corrected chi connectivity index (χ4v) is 2.67. The van der Waals surface area contributed by atoms with Gasteiger partial charge >= 0.3 is 6.09 Å². The predicted octanol–water partition coefficient (Wildman–Crippen LogP) is 1.78. The number of carbonyl (C=O) groups excluding carboxylic acids is 2. The topological polar surface area (TPSA) is 102 Å². The van der Waals surface area contributed by atoms with E-state index in [0.29, 0.717) is 12.2 Å². The van der Waals surface area contributed by atoms with E-state index in [1.807, 2.05) is 13.8 Å². The summed E-state index contributed by atoms with van der Waals surface area (Å²) in [4.78, 5) is 25.1. The number of hydrazine groups is 1. The Balaban J connectivity index is 2.34. The van der Waals surface area contributed by atoms with Gasteiger partial charge in [0, 0.05) is 0 Å². The van der Waals surface area contributed by atoms with E-state index in [1.54, 1.807) is 39.3 Å². The predicted molar refractivity (Wildman–Crippen MR) is 85.6 cm³/mol. The van der Waals surface area contributed by atoms with Gasteiger partial charge in [0.05, 0.1) is 0 Å². The molecular weight excluding hydrogens is 312 g/mol. The van der Waals surface area contributed by atoms with Crippen LogP contribution in [-0.4, -0.2) is 42.8 Å². The second kappa shape index (κ2) is 6.03. The van der Waals surface area contributed by atoms with Gasteiger partial charge in [-0.05, 0) is 57.4 Å². The summed E-state index contributed by atoms with van der Waals surface area (Å²) in [5.41, 5.74) is 1.00. The molecule has 0 saturated heterocycles. The minimum atomic E-state index is -0.898. The van der Waals surface area contributed by atoms with Crippen molar-refractivity contribution in [1.82, 2.24) is 30.6 Å². The summed E-state index contributed by atoms with van der Waals surface area (Å²) in [6, 6.07) is -0.557. The maximum absolute atomic E-state index is 13.0. The average Bonchev–Trinajstić information content (AvgIpc) is 2.88. The van der Waals surface area contributed by atoms with Crippen molar-refractivity contribution < 1.29 is 14.3 Å². The van der Waals surface area contributed by atoms with E-state index in [-0.39, 0.29) is 11.8 Å². The minimum absolute atomic E-state index is 0.264. The summed E-state index contributed by atoms with van der Waals surface area (Å²) >= 11 is 0. The molecule has 0 aromatic carbocycles. The summed E-state index contributed by atoms with van der Waals surface area (Å²) in [5, 5.41) is 13.0. The molecule has 1 aromatic heterocycles. The Morgan fingerprint density at radius 2 is 2.00 bits per heavy atom. The number of rotatable bonds is 3. The average molecular weight is 338 g/mol. The van der Waals surface area contributed by atoms with Gasteiger partial charge in [-0.25, -0.2) is 19.9 Å².